The summed E-state index contributed by atoms with van der Waals surface area (Å²) in [7, 11) is 0. The summed E-state index contributed by atoms with van der Waals surface area (Å²) in [4.78, 5) is 16.1. The zero-order chi connectivity index (χ0) is 17.3. The van der Waals surface area contributed by atoms with E-state index in [2.05, 4.69) is 25.4 Å². The molecule has 0 bridgehead atoms. The van der Waals surface area contributed by atoms with Crippen molar-refractivity contribution in [1.29, 1.82) is 0 Å². The van der Waals surface area contributed by atoms with Crippen LogP contribution >= 0.6 is 0 Å². The van der Waals surface area contributed by atoms with Crippen LogP contribution in [0.25, 0.3) is 11.5 Å². The van der Waals surface area contributed by atoms with Gasteiger partial charge in [0.2, 0.25) is 11.7 Å². The molecule has 0 aromatic carbocycles. The third kappa shape index (κ3) is 2.94. The van der Waals surface area contributed by atoms with Crippen LogP contribution in [0.1, 0.15) is 47.5 Å². The van der Waals surface area contributed by atoms with Crippen molar-refractivity contribution in [2.24, 2.45) is 0 Å². The molecule has 8 heteroatoms. The molecule has 0 aliphatic rings. The molecule has 0 fully saturated rings. The molecule has 24 heavy (non-hydrogen) atoms. The topological polar surface area (TPSA) is 99.6 Å². The van der Waals surface area contributed by atoms with Crippen molar-refractivity contribution in [1.82, 2.24) is 30.1 Å². The van der Waals surface area contributed by atoms with Crippen LogP contribution in [0.3, 0.4) is 0 Å². The number of rotatable bonds is 5. The van der Waals surface area contributed by atoms with Crippen LogP contribution in [0.15, 0.2) is 22.9 Å². The van der Waals surface area contributed by atoms with Crippen LogP contribution in [0.4, 0.5) is 0 Å². The second-order valence-electron chi connectivity index (χ2n) is 5.72. The fraction of sp³-hybridized carbons (Fsp3) is 0.375. The molecule has 0 saturated carbocycles. The van der Waals surface area contributed by atoms with Crippen molar-refractivity contribution < 1.29 is 9.32 Å². The average molecular weight is 326 g/mol. The van der Waals surface area contributed by atoms with E-state index in [0.717, 1.165) is 11.4 Å². The van der Waals surface area contributed by atoms with Gasteiger partial charge in [-0.25, -0.2) is 0 Å². The number of aryl methyl sites for hydroxylation is 1. The Morgan fingerprint density at radius 3 is 2.79 bits per heavy atom. The van der Waals surface area contributed by atoms with Crippen LogP contribution in [0.5, 0.6) is 0 Å². The molecule has 0 aliphatic heterocycles. The molecule has 0 saturated heterocycles. The molecule has 0 spiro atoms. The lowest BCUT2D eigenvalue weighted by Gasteiger charge is -2.12. The van der Waals surface area contributed by atoms with Crippen LogP contribution in [0.2, 0.25) is 0 Å². The van der Waals surface area contributed by atoms with Gasteiger partial charge < -0.3 is 4.52 Å². The normalized spacial score (nSPS) is 12.3. The molecule has 3 aromatic heterocycles. The van der Waals surface area contributed by atoms with Gasteiger partial charge in [0.15, 0.2) is 5.78 Å². The fourth-order valence-corrected chi connectivity index (χ4v) is 2.80. The molecule has 3 rings (SSSR count). The number of carbonyl (C=O) groups is 1. The lowest BCUT2D eigenvalue weighted by molar-refractivity contribution is 0.101. The first kappa shape index (κ1) is 16.0. The number of aromatic nitrogens is 6. The summed E-state index contributed by atoms with van der Waals surface area (Å²) in [6, 6.07) is 3.51. The average Bonchev–Trinajstić information content (AvgIpc) is 3.12. The van der Waals surface area contributed by atoms with Crippen LogP contribution in [-0.2, 0) is 6.42 Å². The maximum atomic E-state index is 11.7. The van der Waals surface area contributed by atoms with E-state index < -0.39 is 0 Å². The lowest BCUT2D eigenvalue weighted by Crippen LogP contribution is -2.12. The fourth-order valence-electron chi connectivity index (χ4n) is 2.80. The highest BCUT2D eigenvalue weighted by molar-refractivity contribution is 5.96. The second-order valence-corrected chi connectivity index (χ2v) is 5.72. The first-order valence-corrected chi connectivity index (χ1v) is 7.64. The van der Waals surface area contributed by atoms with E-state index in [1.165, 1.54) is 0 Å². The van der Waals surface area contributed by atoms with E-state index in [1.807, 2.05) is 25.5 Å². The molecule has 8 nitrogen and oxygen atoms in total. The summed E-state index contributed by atoms with van der Waals surface area (Å²) in [5.74, 6) is 0.911. The minimum Gasteiger partial charge on any atom is -0.339 e. The van der Waals surface area contributed by atoms with Gasteiger partial charge in [-0.3, -0.25) is 9.48 Å². The van der Waals surface area contributed by atoms with Gasteiger partial charge >= 0.3 is 0 Å². The Hall–Kier alpha value is -2.90. The van der Waals surface area contributed by atoms with Crippen molar-refractivity contribution in [2.75, 3.05) is 0 Å². The van der Waals surface area contributed by atoms with Crippen LogP contribution in [0, 0.1) is 13.8 Å². The third-order valence-electron chi connectivity index (χ3n) is 3.83. The van der Waals surface area contributed by atoms with Gasteiger partial charge in [0.1, 0.15) is 5.69 Å². The Bertz CT molecular complexity index is 868. The Balaban J connectivity index is 1.81. The smallest absolute Gasteiger partial charge is 0.229 e. The maximum absolute atomic E-state index is 11.7. The summed E-state index contributed by atoms with van der Waals surface area (Å²) in [5, 5.41) is 16.2. The van der Waals surface area contributed by atoms with Gasteiger partial charge in [0.25, 0.3) is 0 Å². The third-order valence-corrected chi connectivity index (χ3v) is 3.83. The minimum atomic E-state index is -0.0213. The van der Waals surface area contributed by atoms with Gasteiger partial charge in [-0.15, -0.1) is 5.10 Å². The number of nitrogens with zero attached hydrogens (tertiary/aromatic N) is 6. The Morgan fingerprint density at radius 1 is 1.38 bits per heavy atom. The van der Waals surface area contributed by atoms with Gasteiger partial charge in [0, 0.05) is 18.3 Å². The van der Waals surface area contributed by atoms with E-state index in [1.54, 1.807) is 25.3 Å². The van der Waals surface area contributed by atoms with Crippen molar-refractivity contribution in [3.05, 3.63) is 41.2 Å². The number of carbonyl (C=O) groups excluding carboxylic acids is 1. The standard InChI is InChI=1S/C16H18N6O2/c1-9(22-11(3)15(12(4)23)10(2)20-22)8-14-18-16(21-24-14)13-6-5-7-17-19-13/h5-7,9H,8H2,1-4H3. The zero-order valence-electron chi connectivity index (χ0n) is 14.0. The predicted octanol–water partition coefficient (Wildman–Crippen LogP) is 2.35. The summed E-state index contributed by atoms with van der Waals surface area (Å²) in [6.45, 7) is 7.28. The van der Waals surface area contributed by atoms with Crippen molar-refractivity contribution in [2.45, 2.75) is 40.2 Å². The van der Waals surface area contributed by atoms with E-state index in [9.17, 15) is 4.79 Å². The molecule has 3 heterocycles. The van der Waals surface area contributed by atoms with E-state index in [4.69, 9.17) is 4.52 Å². The van der Waals surface area contributed by atoms with Crippen LogP contribution < -0.4 is 0 Å². The first-order chi connectivity index (χ1) is 11.5. The molecule has 1 atom stereocenters. The molecule has 0 aliphatic carbocycles. The maximum Gasteiger partial charge on any atom is 0.229 e. The molecule has 3 aromatic rings. The van der Waals surface area contributed by atoms with E-state index in [0.29, 0.717) is 29.4 Å². The summed E-state index contributed by atoms with van der Waals surface area (Å²) >= 11 is 0. The Kier molecular flexibility index (Phi) is 4.20. The van der Waals surface area contributed by atoms with E-state index in [-0.39, 0.29) is 11.8 Å². The summed E-state index contributed by atoms with van der Waals surface area (Å²) in [5.41, 5.74) is 2.82. The highest BCUT2D eigenvalue weighted by atomic mass is 16.5. The van der Waals surface area contributed by atoms with Gasteiger partial charge in [0.05, 0.1) is 17.3 Å². The summed E-state index contributed by atoms with van der Waals surface area (Å²) in [6.07, 6.45) is 2.09. The molecule has 124 valence electrons. The number of ketones is 1. The SMILES string of the molecule is CC(=O)c1c(C)nn(C(C)Cc2nc(-c3cccnn3)no2)c1C. The Morgan fingerprint density at radius 2 is 2.17 bits per heavy atom. The Labute approximate surface area is 138 Å². The highest BCUT2D eigenvalue weighted by Gasteiger charge is 2.20. The molecular formula is C16H18N6O2. The molecule has 0 amide bonds. The largest absolute Gasteiger partial charge is 0.339 e. The van der Waals surface area contributed by atoms with Crippen molar-refractivity contribution in [3.8, 4) is 11.5 Å². The van der Waals surface area contributed by atoms with Crippen LogP contribution in [-0.4, -0.2) is 35.9 Å². The zero-order valence-corrected chi connectivity index (χ0v) is 14.0. The van der Waals surface area contributed by atoms with Crippen molar-refractivity contribution >= 4 is 5.78 Å². The molecule has 0 N–H and O–H groups in total. The lowest BCUT2D eigenvalue weighted by atomic mass is 10.1. The van der Waals surface area contributed by atoms with Gasteiger partial charge in [-0.2, -0.15) is 15.2 Å². The monoisotopic (exact) mass is 326 g/mol. The number of Topliss-reactive ketones (excluding diaryl/α,β-unsaturated/α-hetero) is 1. The second kappa shape index (κ2) is 6.31. The highest BCUT2D eigenvalue weighted by Crippen LogP contribution is 2.21. The summed E-state index contributed by atoms with van der Waals surface area (Å²) < 4.78 is 7.13. The van der Waals surface area contributed by atoms with Crippen molar-refractivity contribution in [3.63, 3.8) is 0 Å². The van der Waals surface area contributed by atoms with Gasteiger partial charge in [-0.1, -0.05) is 5.16 Å². The van der Waals surface area contributed by atoms with Gasteiger partial charge in [-0.05, 0) is 39.8 Å². The first-order valence-electron chi connectivity index (χ1n) is 7.64. The molecule has 1 unspecified atom stereocenters. The van der Waals surface area contributed by atoms with E-state index >= 15 is 0 Å². The predicted molar refractivity (Wildman–Crippen MR) is 85.4 cm³/mol. The number of hydrogen-bond donors (Lipinski definition) is 0. The number of hydrogen-bond acceptors (Lipinski definition) is 7. The quantitative estimate of drug-likeness (QED) is 0.663. The molecular weight excluding hydrogens is 308 g/mol. The minimum absolute atomic E-state index is 0.0196. The molecule has 0 radical (unpaired) electrons.